The molecule has 2 N–H and O–H groups in total. The maximum absolute atomic E-state index is 12.2. The first kappa shape index (κ1) is 17.8. The molecule has 2 atom stereocenters. The Morgan fingerprint density at radius 2 is 2.05 bits per heavy atom. The fourth-order valence-electron chi connectivity index (χ4n) is 2.86. The number of nitrogens with one attached hydrogen (secondary N) is 1. The molecule has 1 aliphatic rings. The van der Waals surface area contributed by atoms with E-state index in [1.807, 2.05) is 0 Å². The fraction of sp³-hybridized carbons (Fsp3) is 0.875. The molecular weight excluding hydrogens is 268 g/mol. The van der Waals surface area contributed by atoms with Crippen LogP contribution in [0.1, 0.15) is 59.3 Å². The van der Waals surface area contributed by atoms with Crippen molar-refractivity contribution in [2.75, 3.05) is 13.1 Å². The van der Waals surface area contributed by atoms with Gasteiger partial charge in [-0.1, -0.05) is 40.0 Å². The van der Waals surface area contributed by atoms with Gasteiger partial charge in [-0.05, 0) is 31.1 Å². The second-order valence-electron chi connectivity index (χ2n) is 6.47. The van der Waals surface area contributed by atoms with Crippen LogP contribution in [-0.4, -0.2) is 41.1 Å². The van der Waals surface area contributed by atoms with Gasteiger partial charge in [0, 0.05) is 13.1 Å². The molecule has 21 heavy (non-hydrogen) atoms. The maximum atomic E-state index is 12.2. The largest absolute Gasteiger partial charge is 0.480 e. The summed E-state index contributed by atoms with van der Waals surface area (Å²) in [5.41, 5.74) is 0. The number of nitrogens with zero attached hydrogens (tertiary/aromatic N) is 1. The standard InChI is InChI=1S/C16H30N2O3/c1-4-13-8-10-18(14(11-13)15(19)20)16(21)17-9-6-5-7-12(2)3/h12-14H,4-11H2,1-3H3,(H,17,21)(H,19,20). The number of urea groups is 1. The number of hydrogen-bond acceptors (Lipinski definition) is 2. The number of unbranched alkanes of at least 4 members (excludes halogenated alkanes) is 1. The molecule has 0 radical (unpaired) electrons. The summed E-state index contributed by atoms with van der Waals surface area (Å²) in [5.74, 6) is 0.217. The number of carboxylic acid groups (broad SMARTS) is 1. The Balaban J connectivity index is 2.39. The molecule has 0 spiro atoms. The summed E-state index contributed by atoms with van der Waals surface area (Å²) in [6, 6.07) is -0.888. The van der Waals surface area contributed by atoms with Crippen molar-refractivity contribution in [2.24, 2.45) is 11.8 Å². The highest BCUT2D eigenvalue weighted by atomic mass is 16.4. The van der Waals surface area contributed by atoms with E-state index in [2.05, 4.69) is 26.1 Å². The van der Waals surface area contributed by atoms with Crippen LogP contribution in [0, 0.1) is 11.8 Å². The second-order valence-corrected chi connectivity index (χ2v) is 6.47. The molecule has 1 fully saturated rings. The molecule has 1 rings (SSSR count). The van der Waals surface area contributed by atoms with Crippen LogP contribution in [0.4, 0.5) is 4.79 Å². The van der Waals surface area contributed by atoms with Gasteiger partial charge in [-0.25, -0.2) is 9.59 Å². The molecule has 2 unspecified atom stereocenters. The van der Waals surface area contributed by atoms with E-state index in [0.717, 1.165) is 32.1 Å². The number of carboxylic acids is 1. The van der Waals surface area contributed by atoms with Crippen LogP contribution in [0.3, 0.4) is 0 Å². The molecule has 0 aromatic heterocycles. The van der Waals surface area contributed by atoms with Gasteiger partial charge < -0.3 is 15.3 Å². The molecule has 1 heterocycles. The second kappa shape index (κ2) is 8.90. The Labute approximate surface area is 128 Å². The van der Waals surface area contributed by atoms with Gasteiger partial charge in [-0.3, -0.25) is 0 Å². The van der Waals surface area contributed by atoms with E-state index in [9.17, 15) is 14.7 Å². The lowest BCUT2D eigenvalue weighted by atomic mass is 9.89. The van der Waals surface area contributed by atoms with Gasteiger partial charge in [0.25, 0.3) is 0 Å². The third-order valence-corrected chi connectivity index (χ3v) is 4.32. The molecular formula is C16H30N2O3. The van der Waals surface area contributed by atoms with Crippen LogP contribution >= 0.6 is 0 Å². The van der Waals surface area contributed by atoms with Crippen LogP contribution in [0.15, 0.2) is 0 Å². The van der Waals surface area contributed by atoms with E-state index in [1.165, 1.54) is 4.90 Å². The zero-order valence-electron chi connectivity index (χ0n) is 13.6. The van der Waals surface area contributed by atoms with Crippen molar-refractivity contribution in [2.45, 2.75) is 65.3 Å². The van der Waals surface area contributed by atoms with Gasteiger partial charge in [0.2, 0.25) is 0 Å². The van der Waals surface area contributed by atoms with Crippen molar-refractivity contribution in [3.05, 3.63) is 0 Å². The number of amides is 2. The van der Waals surface area contributed by atoms with Crippen molar-refractivity contribution in [3.8, 4) is 0 Å². The summed E-state index contributed by atoms with van der Waals surface area (Å²) in [4.78, 5) is 25.0. The number of piperidine rings is 1. The Morgan fingerprint density at radius 3 is 2.62 bits per heavy atom. The van der Waals surface area contributed by atoms with Gasteiger partial charge in [0.15, 0.2) is 0 Å². The van der Waals surface area contributed by atoms with Gasteiger partial charge >= 0.3 is 12.0 Å². The third kappa shape index (κ3) is 5.94. The SMILES string of the molecule is CCC1CCN(C(=O)NCCCCC(C)C)C(C(=O)O)C1. The quantitative estimate of drug-likeness (QED) is 0.710. The Morgan fingerprint density at radius 1 is 1.33 bits per heavy atom. The molecule has 0 aromatic carbocycles. The zero-order valence-corrected chi connectivity index (χ0v) is 13.6. The highest BCUT2D eigenvalue weighted by Crippen LogP contribution is 2.25. The van der Waals surface area contributed by atoms with Crippen molar-refractivity contribution in [3.63, 3.8) is 0 Å². The Kier molecular flexibility index (Phi) is 7.54. The van der Waals surface area contributed by atoms with Crippen LogP contribution in [0.25, 0.3) is 0 Å². The predicted molar refractivity (Wildman–Crippen MR) is 83.2 cm³/mol. The summed E-state index contributed by atoms with van der Waals surface area (Å²) in [5, 5.41) is 12.2. The number of carbonyl (C=O) groups excluding carboxylic acids is 1. The summed E-state index contributed by atoms with van der Waals surface area (Å²) in [6.07, 6.45) is 5.67. The number of likely N-dealkylation sites (tertiary alicyclic amines) is 1. The average molecular weight is 298 g/mol. The summed E-state index contributed by atoms with van der Waals surface area (Å²) >= 11 is 0. The lowest BCUT2D eigenvalue weighted by Gasteiger charge is -2.36. The number of aliphatic carboxylic acids is 1. The molecule has 5 nitrogen and oxygen atoms in total. The lowest BCUT2D eigenvalue weighted by molar-refractivity contribution is -0.144. The Hall–Kier alpha value is -1.26. The molecule has 1 aliphatic heterocycles. The van der Waals surface area contributed by atoms with Crippen molar-refractivity contribution < 1.29 is 14.7 Å². The van der Waals surface area contributed by atoms with Crippen molar-refractivity contribution >= 4 is 12.0 Å². The van der Waals surface area contributed by atoms with E-state index in [4.69, 9.17) is 0 Å². The van der Waals surface area contributed by atoms with Gasteiger partial charge in [0.05, 0.1) is 0 Å². The first-order valence-corrected chi connectivity index (χ1v) is 8.23. The topological polar surface area (TPSA) is 69.6 Å². The lowest BCUT2D eigenvalue weighted by Crippen LogP contribution is -2.53. The smallest absolute Gasteiger partial charge is 0.326 e. The van der Waals surface area contributed by atoms with Crippen LogP contribution < -0.4 is 5.32 Å². The molecule has 0 aromatic rings. The van der Waals surface area contributed by atoms with E-state index in [-0.39, 0.29) is 6.03 Å². The minimum absolute atomic E-state index is 0.221. The molecule has 1 saturated heterocycles. The number of carbonyl (C=O) groups is 2. The maximum Gasteiger partial charge on any atom is 0.326 e. The highest BCUT2D eigenvalue weighted by Gasteiger charge is 2.35. The molecule has 2 amide bonds. The molecule has 0 aliphatic carbocycles. The van der Waals surface area contributed by atoms with Gasteiger partial charge in [-0.2, -0.15) is 0 Å². The van der Waals surface area contributed by atoms with E-state index < -0.39 is 12.0 Å². The molecule has 0 saturated carbocycles. The molecule has 5 heteroatoms. The first-order chi connectivity index (χ1) is 9.95. The molecule has 0 bridgehead atoms. The van der Waals surface area contributed by atoms with Crippen LogP contribution in [0.5, 0.6) is 0 Å². The number of rotatable bonds is 7. The van der Waals surface area contributed by atoms with Crippen LogP contribution in [0.2, 0.25) is 0 Å². The fourth-order valence-corrected chi connectivity index (χ4v) is 2.86. The minimum atomic E-state index is -0.886. The molecule has 122 valence electrons. The average Bonchev–Trinajstić information content (AvgIpc) is 2.45. The van der Waals surface area contributed by atoms with Crippen LogP contribution in [-0.2, 0) is 4.79 Å². The van der Waals surface area contributed by atoms with E-state index in [1.54, 1.807) is 0 Å². The summed E-state index contributed by atoms with van der Waals surface area (Å²) in [7, 11) is 0. The van der Waals surface area contributed by atoms with Gasteiger partial charge in [-0.15, -0.1) is 0 Å². The zero-order chi connectivity index (χ0) is 15.8. The van der Waals surface area contributed by atoms with Crippen molar-refractivity contribution in [1.29, 1.82) is 0 Å². The van der Waals surface area contributed by atoms with Crippen molar-refractivity contribution in [1.82, 2.24) is 10.2 Å². The third-order valence-electron chi connectivity index (χ3n) is 4.32. The number of hydrogen-bond donors (Lipinski definition) is 2. The summed E-state index contributed by atoms with van der Waals surface area (Å²) < 4.78 is 0. The monoisotopic (exact) mass is 298 g/mol. The summed E-state index contributed by atoms with van der Waals surface area (Å²) in [6.45, 7) is 7.63. The normalized spacial score (nSPS) is 22.4. The van der Waals surface area contributed by atoms with E-state index >= 15 is 0 Å². The van der Waals surface area contributed by atoms with E-state index in [0.29, 0.717) is 31.3 Å². The predicted octanol–water partition coefficient (Wildman–Crippen LogP) is 3.10. The van der Waals surface area contributed by atoms with Gasteiger partial charge in [0.1, 0.15) is 6.04 Å². The highest BCUT2D eigenvalue weighted by molar-refractivity contribution is 5.82. The Bertz CT molecular complexity index is 344. The first-order valence-electron chi connectivity index (χ1n) is 8.23. The minimum Gasteiger partial charge on any atom is -0.480 e.